The maximum Gasteiger partial charge on any atom is 0.115 e. The molecule has 0 bridgehead atoms. The molecule has 0 aliphatic heterocycles. The number of hydrogen-bond donors (Lipinski definition) is 2. The van der Waals surface area contributed by atoms with Gasteiger partial charge < -0.3 is 10.4 Å². The first-order chi connectivity index (χ1) is 6.76. The Morgan fingerprint density at radius 3 is 2.43 bits per heavy atom. The van der Waals surface area contributed by atoms with Gasteiger partial charge in [-0.15, -0.1) is 0 Å². The van der Waals surface area contributed by atoms with Crippen LogP contribution < -0.4 is 5.32 Å². The standard InChI is InChI=1S/C12H19NO/c1-3-11(13-2)7-4-10-5-8-12(14)9-6-10/h5-6,8-9,11,13-14H,3-4,7H2,1-2H3. The van der Waals surface area contributed by atoms with E-state index in [-0.39, 0.29) is 0 Å². The molecular formula is C12H19NO. The highest BCUT2D eigenvalue weighted by atomic mass is 16.3. The van der Waals surface area contributed by atoms with Crippen molar-refractivity contribution >= 4 is 0 Å². The van der Waals surface area contributed by atoms with Gasteiger partial charge in [0.1, 0.15) is 5.75 Å². The second kappa shape index (κ2) is 5.66. The number of rotatable bonds is 5. The molecule has 1 rings (SSSR count). The van der Waals surface area contributed by atoms with Crippen molar-refractivity contribution in [2.45, 2.75) is 32.2 Å². The topological polar surface area (TPSA) is 32.3 Å². The summed E-state index contributed by atoms with van der Waals surface area (Å²) in [5.74, 6) is 0.342. The van der Waals surface area contributed by atoms with Gasteiger partial charge in [0.2, 0.25) is 0 Å². The third-order valence-corrected chi connectivity index (χ3v) is 2.62. The molecule has 0 radical (unpaired) electrons. The Hall–Kier alpha value is -1.02. The number of aryl methyl sites for hydroxylation is 1. The monoisotopic (exact) mass is 193 g/mol. The summed E-state index contributed by atoms with van der Waals surface area (Å²) in [5.41, 5.74) is 1.29. The molecule has 2 heteroatoms. The minimum atomic E-state index is 0.342. The van der Waals surface area contributed by atoms with Gasteiger partial charge >= 0.3 is 0 Å². The van der Waals surface area contributed by atoms with Crippen LogP contribution in [-0.2, 0) is 6.42 Å². The minimum Gasteiger partial charge on any atom is -0.508 e. The van der Waals surface area contributed by atoms with Gasteiger partial charge in [-0.25, -0.2) is 0 Å². The Labute approximate surface area is 86.0 Å². The molecule has 0 aliphatic rings. The lowest BCUT2D eigenvalue weighted by Gasteiger charge is -2.13. The first-order valence-electron chi connectivity index (χ1n) is 5.21. The van der Waals surface area contributed by atoms with Crippen molar-refractivity contribution in [3.63, 3.8) is 0 Å². The Morgan fingerprint density at radius 2 is 1.93 bits per heavy atom. The van der Waals surface area contributed by atoms with Crippen molar-refractivity contribution in [1.82, 2.24) is 5.32 Å². The van der Waals surface area contributed by atoms with Crippen LogP contribution in [0.4, 0.5) is 0 Å². The molecule has 1 aromatic carbocycles. The van der Waals surface area contributed by atoms with Crippen molar-refractivity contribution in [3.05, 3.63) is 29.8 Å². The summed E-state index contributed by atoms with van der Waals surface area (Å²) in [6.07, 6.45) is 3.38. The highest BCUT2D eigenvalue weighted by Crippen LogP contribution is 2.12. The van der Waals surface area contributed by atoms with Crippen LogP contribution in [0.2, 0.25) is 0 Å². The summed E-state index contributed by atoms with van der Waals surface area (Å²) in [7, 11) is 2.00. The van der Waals surface area contributed by atoms with E-state index in [4.69, 9.17) is 5.11 Å². The van der Waals surface area contributed by atoms with E-state index >= 15 is 0 Å². The molecule has 1 aromatic rings. The van der Waals surface area contributed by atoms with Gasteiger partial charge in [-0.3, -0.25) is 0 Å². The molecular weight excluding hydrogens is 174 g/mol. The first-order valence-corrected chi connectivity index (χ1v) is 5.21. The molecule has 0 heterocycles. The van der Waals surface area contributed by atoms with Gasteiger partial charge in [0.05, 0.1) is 0 Å². The van der Waals surface area contributed by atoms with Crippen LogP contribution in [0.15, 0.2) is 24.3 Å². The number of phenols is 1. The Balaban J connectivity index is 2.41. The maximum absolute atomic E-state index is 9.11. The first kappa shape index (κ1) is 11.1. The Morgan fingerprint density at radius 1 is 1.29 bits per heavy atom. The fourth-order valence-corrected chi connectivity index (χ4v) is 1.56. The molecule has 0 saturated carbocycles. The van der Waals surface area contributed by atoms with Crippen molar-refractivity contribution in [2.75, 3.05) is 7.05 Å². The number of nitrogens with one attached hydrogen (secondary N) is 1. The predicted octanol–water partition coefficient (Wildman–Crippen LogP) is 2.32. The normalized spacial score (nSPS) is 12.7. The molecule has 78 valence electrons. The molecule has 2 nitrogen and oxygen atoms in total. The Kier molecular flexibility index (Phi) is 4.47. The van der Waals surface area contributed by atoms with E-state index in [1.54, 1.807) is 12.1 Å². The molecule has 2 N–H and O–H groups in total. The quantitative estimate of drug-likeness (QED) is 0.752. The van der Waals surface area contributed by atoms with Crippen LogP contribution >= 0.6 is 0 Å². The molecule has 0 amide bonds. The minimum absolute atomic E-state index is 0.342. The smallest absolute Gasteiger partial charge is 0.115 e. The van der Waals surface area contributed by atoms with Crippen LogP contribution in [-0.4, -0.2) is 18.2 Å². The van der Waals surface area contributed by atoms with E-state index in [1.165, 1.54) is 5.56 Å². The molecule has 1 atom stereocenters. The van der Waals surface area contributed by atoms with Crippen molar-refractivity contribution < 1.29 is 5.11 Å². The van der Waals surface area contributed by atoms with Crippen LogP contribution in [0, 0.1) is 0 Å². The Bertz CT molecular complexity index is 252. The average Bonchev–Trinajstić information content (AvgIpc) is 2.22. The highest BCUT2D eigenvalue weighted by molar-refractivity contribution is 5.25. The van der Waals surface area contributed by atoms with E-state index < -0.39 is 0 Å². The zero-order chi connectivity index (χ0) is 10.4. The van der Waals surface area contributed by atoms with Crippen LogP contribution in [0.1, 0.15) is 25.3 Å². The molecule has 0 aromatic heterocycles. The fraction of sp³-hybridized carbons (Fsp3) is 0.500. The highest BCUT2D eigenvalue weighted by Gasteiger charge is 2.02. The molecule has 0 aliphatic carbocycles. The van der Waals surface area contributed by atoms with E-state index in [0.717, 1.165) is 19.3 Å². The van der Waals surface area contributed by atoms with Gasteiger partial charge in [-0.2, -0.15) is 0 Å². The van der Waals surface area contributed by atoms with Crippen molar-refractivity contribution in [2.24, 2.45) is 0 Å². The van der Waals surface area contributed by atoms with Crippen LogP contribution in [0.5, 0.6) is 5.75 Å². The largest absolute Gasteiger partial charge is 0.508 e. The predicted molar refractivity (Wildman–Crippen MR) is 59.6 cm³/mol. The fourth-order valence-electron chi connectivity index (χ4n) is 1.56. The number of aromatic hydroxyl groups is 1. The van der Waals surface area contributed by atoms with Gasteiger partial charge in [-0.1, -0.05) is 19.1 Å². The third kappa shape index (κ3) is 3.38. The van der Waals surface area contributed by atoms with Gasteiger partial charge in [0.15, 0.2) is 0 Å². The summed E-state index contributed by atoms with van der Waals surface area (Å²) in [5, 5.41) is 12.4. The van der Waals surface area contributed by atoms with E-state index in [2.05, 4.69) is 12.2 Å². The summed E-state index contributed by atoms with van der Waals surface area (Å²) < 4.78 is 0. The van der Waals surface area contributed by atoms with Crippen LogP contribution in [0.25, 0.3) is 0 Å². The molecule has 14 heavy (non-hydrogen) atoms. The zero-order valence-electron chi connectivity index (χ0n) is 8.96. The SMILES string of the molecule is CCC(CCc1ccc(O)cc1)NC. The molecule has 0 fully saturated rings. The van der Waals surface area contributed by atoms with E-state index in [1.807, 2.05) is 19.2 Å². The lowest BCUT2D eigenvalue weighted by atomic mass is 10.0. The number of hydrogen-bond acceptors (Lipinski definition) is 2. The summed E-state index contributed by atoms with van der Waals surface area (Å²) in [4.78, 5) is 0. The average molecular weight is 193 g/mol. The lowest BCUT2D eigenvalue weighted by Crippen LogP contribution is -2.24. The summed E-state index contributed by atoms with van der Waals surface area (Å²) in [6.45, 7) is 2.19. The number of phenolic OH excluding ortho intramolecular Hbond substituents is 1. The number of benzene rings is 1. The zero-order valence-corrected chi connectivity index (χ0v) is 8.96. The van der Waals surface area contributed by atoms with E-state index in [0.29, 0.717) is 11.8 Å². The maximum atomic E-state index is 9.11. The van der Waals surface area contributed by atoms with Gasteiger partial charge in [-0.05, 0) is 44.0 Å². The van der Waals surface area contributed by atoms with Gasteiger partial charge in [0, 0.05) is 6.04 Å². The second-order valence-corrected chi connectivity index (χ2v) is 3.60. The lowest BCUT2D eigenvalue weighted by molar-refractivity contribution is 0.474. The van der Waals surface area contributed by atoms with E-state index in [9.17, 15) is 0 Å². The molecule has 0 spiro atoms. The van der Waals surface area contributed by atoms with Crippen molar-refractivity contribution in [3.8, 4) is 5.75 Å². The molecule has 0 saturated heterocycles. The second-order valence-electron chi connectivity index (χ2n) is 3.60. The summed E-state index contributed by atoms with van der Waals surface area (Å²) in [6, 6.07) is 8.06. The molecule has 1 unspecified atom stereocenters. The summed E-state index contributed by atoms with van der Waals surface area (Å²) >= 11 is 0. The van der Waals surface area contributed by atoms with Crippen molar-refractivity contribution in [1.29, 1.82) is 0 Å². The van der Waals surface area contributed by atoms with Gasteiger partial charge in [0.25, 0.3) is 0 Å². The van der Waals surface area contributed by atoms with Crippen LogP contribution in [0.3, 0.4) is 0 Å². The third-order valence-electron chi connectivity index (χ3n) is 2.62.